The highest BCUT2D eigenvalue weighted by molar-refractivity contribution is 4.68. The van der Waals surface area contributed by atoms with Crippen molar-refractivity contribution in [3.05, 3.63) is 0 Å². The average Bonchev–Trinajstić information content (AvgIpc) is 2.42. The van der Waals surface area contributed by atoms with Gasteiger partial charge in [-0.3, -0.25) is 0 Å². The molecule has 1 atom stereocenters. The van der Waals surface area contributed by atoms with Crippen LogP contribution < -0.4 is 0 Å². The van der Waals surface area contributed by atoms with Crippen molar-refractivity contribution in [2.45, 2.75) is 109 Å². The number of unbranched alkanes of at least 4 members (excludes halogenated alkanes) is 9. The third-order valence-corrected chi connectivity index (χ3v) is 4.03. The molecule has 21 heavy (non-hydrogen) atoms. The maximum Gasteiger partial charge on any atom is 0.0592 e. The number of hydrogen-bond acceptors (Lipinski definition) is 3. The molecule has 0 aliphatic heterocycles. The van der Waals surface area contributed by atoms with Gasteiger partial charge in [0.15, 0.2) is 0 Å². The molecule has 0 aliphatic carbocycles. The van der Waals surface area contributed by atoms with Crippen LogP contribution in [0.4, 0.5) is 0 Å². The molecule has 3 heteroatoms. The molecule has 0 aromatic heterocycles. The van der Waals surface area contributed by atoms with E-state index in [0.29, 0.717) is 19.4 Å². The largest absolute Gasteiger partial charge is 0.396 e. The lowest BCUT2D eigenvalue weighted by molar-refractivity contribution is 0.0465. The minimum absolute atomic E-state index is 0.247. The number of aliphatic hydroxyl groups is 3. The lowest BCUT2D eigenvalue weighted by atomic mass is 9.97. The third kappa shape index (κ3) is 17.8. The number of aliphatic hydroxyl groups excluding tert-OH is 2. The summed E-state index contributed by atoms with van der Waals surface area (Å²) in [6, 6.07) is 0. The Hall–Kier alpha value is -0.120. The zero-order valence-corrected chi connectivity index (χ0v) is 14.3. The van der Waals surface area contributed by atoms with Crippen molar-refractivity contribution in [2.75, 3.05) is 6.61 Å². The van der Waals surface area contributed by atoms with E-state index in [0.717, 1.165) is 19.3 Å². The summed E-state index contributed by atoms with van der Waals surface area (Å²) in [5, 5.41) is 28.1. The van der Waals surface area contributed by atoms with E-state index in [1.54, 1.807) is 13.8 Å². The van der Waals surface area contributed by atoms with Crippen molar-refractivity contribution in [3.8, 4) is 0 Å². The topological polar surface area (TPSA) is 60.7 Å². The lowest BCUT2D eigenvalue weighted by Crippen LogP contribution is -2.21. The molecule has 0 rings (SSSR count). The molecule has 3 nitrogen and oxygen atoms in total. The maximum atomic E-state index is 9.83. The van der Waals surface area contributed by atoms with Crippen molar-refractivity contribution >= 4 is 0 Å². The summed E-state index contributed by atoms with van der Waals surface area (Å²) in [6.45, 7) is 3.93. The fourth-order valence-electron chi connectivity index (χ4n) is 2.57. The SMILES string of the molecule is CC(C)(O)CCC(O)CCCCCCCCCCCCO. The molecule has 0 spiro atoms. The van der Waals surface area contributed by atoms with Gasteiger partial charge < -0.3 is 15.3 Å². The van der Waals surface area contributed by atoms with Crippen molar-refractivity contribution < 1.29 is 15.3 Å². The lowest BCUT2D eigenvalue weighted by Gasteiger charge is -2.19. The molecule has 0 bridgehead atoms. The minimum Gasteiger partial charge on any atom is -0.396 e. The number of hydrogen-bond donors (Lipinski definition) is 3. The average molecular weight is 302 g/mol. The van der Waals surface area contributed by atoms with E-state index in [4.69, 9.17) is 5.11 Å². The number of rotatable bonds is 15. The molecule has 0 aliphatic rings. The second-order valence-corrected chi connectivity index (χ2v) is 7.05. The van der Waals surface area contributed by atoms with E-state index in [1.165, 1.54) is 51.4 Å². The Morgan fingerprint density at radius 2 is 1.14 bits per heavy atom. The molecular weight excluding hydrogens is 264 g/mol. The van der Waals surface area contributed by atoms with Gasteiger partial charge in [-0.15, -0.1) is 0 Å². The van der Waals surface area contributed by atoms with Crippen molar-refractivity contribution in [3.63, 3.8) is 0 Å². The van der Waals surface area contributed by atoms with Crippen molar-refractivity contribution in [1.82, 2.24) is 0 Å². The highest BCUT2D eigenvalue weighted by atomic mass is 16.3. The molecule has 128 valence electrons. The fraction of sp³-hybridized carbons (Fsp3) is 1.00. The Morgan fingerprint density at radius 1 is 0.714 bits per heavy atom. The van der Waals surface area contributed by atoms with Gasteiger partial charge in [0, 0.05) is 6.61 Å². The van der Waals surface area contributed by atoms with Gasteiger partial charge in [0.25, 0.3) is 0 Å². The normalized spacial score (nSPS) is 13.6. The van der Waals surface area contributed by atoms with E-state index in [-0.39, 0.29) is 6.10 Å². The van der Waals surface area contributed by atoms with Crippen LogP contribution in [0.15, 0.2) is 0 Å². The van der Waals surface area contributed by atoms with Gasteiger partial charge in [-0.2, -0.15) is 0 Å². The van der Waals surface area contributed by atoms with Gasteiger partial charge in [0.05, 0.1) is 11.7 Å². The highest BCUT2D eigenvalue weighted by Crippen LogP contribution is 2.16. The van der Waals surface area contributed by atoms with Crippen LogP contribution in [0.1, 0.15) is 97.3 Å². The zero-order chi connectivity index (χ0) is 16.0. The molecule has 0 amide bonds. The van der Waals surface area contributed by atoms with Gasteiger partial charge >= 0.3 is 0 Å². The first-order valence-electron chi connectivity index (χ1n) is 8.97. The van der Waals surface area contributed by atoms with E-state index >= 15 is 0 Å². The first kappa shape index (κ1) is 20.9. The predicted octanol–water partition coefficient (Wildman–Crippen LogP) is 4.18. The molecule has 0 saturated heterocycles. The van der Waals surface area contributed by atoms with E-state index < -0.39 is 5.60 Å². The Bertz CT molecular complexity index is 211. The highest BCUT2D eigenvalue weighted by Gasteiger charge is 2.14. The van der Waals surface area contributed by atoms with Crippen LogP contribution in [0.3, 0.4) is 0 Å². The fourth-order valence-corrected chi connectivity index (χ4v) is 2.57. The van der Waals surface area contributed by atoms with Crippen LogP contribution >= 0.6 is 0 Å². The summed E-state index contributed by atoms with van der Waals surface area (Å²) >= 11 is 0. The third-order valence-electron chi connectivity index (χ3n) is 4.03. The summed E-state index contributed by atoms with van der Waals surface area (Å²) < 4.78 is 0. The van der Waals surface area contributed by atoms with Gasteiger partial charge in [-0.1, -0.05) is 57.8 Å². The van der Waals surface area contributed by atoms with Crippen LogP contribution in [0.5, 0.6) is 0 Å². The van der Waals surface area contributed by atoms with Crippen LogP contribution in [-0.4, -0.2) is 33.6 Å². The second-order valence-electron chi connectivity index (χ2n) is 7.05. The molecule has 0 fully saturated rings. The first-order chi connectivity index (χ1) is 9.95. The van der Waals surface area contributed by atoms with E-state index in [2.05, 4.69) is 0 Å². The molecule has 0 radical (unpaired) electrons. The summed E-state index contributed by atoms with van der Waals surface area (Å²) in [7, 11) is 0. The molecule has 0 aromatic carbocycles. The summed E-state index contributed by atoms with van der Waals surface area (Å²) in [6.07, 6.45) is 14.2. The van der Waals surface area contributed by atoms with E-state index in [1.807, 2.05) is 0 Å². The van der Waals surface area contributed by atoms with Gasteiger partial charge in [0.1, 0.15) is 0 Å². The van der Waals surface area contributed by atoms with E-state index in [9.17, 15) is 10.2 Å². The second kappa shape index (κ2) is 13.5. The maximum absolute atomic E-state index is 9.83. The molecule has 1 unspecified atom stereocenters. The zero-order valence-electron chi connectivity index (χ0n) is 14.3. The van der Waals surface area contributed by atoms with Crippen LogP contribution in [0.2, 0.25) is 0 Å². The van der Waals surface area contributed by atoms with Gasteiger partial charge in [0.2, 0.25) is 0 Å². The van der Waals surface area contributed by atoms with Crippen LogP contribution in [0.25, 0.3) is 0 Å². The van der Waals surface area contributed by atoms with Crippen LogP contribution in [-0.2, 0) is 0 Å². The first-order valence-corrected chi connectivity index (χ1v) is 8.97. The summed E-state index contributed by atoms with van der Waals surface area (Å²) in [4.78, 5) is 0. The minimum atomic E-state index is -0.655. The van der Waals surface area contributed by atoms with Crippen molar-refractivity contribution in [2.24, 2.45) is 0 Å². The molecular formula is C18H38O3. The molecule has 0 heterocycles. The van der Waals surface area contributed by atoms with Crippen molar-refractivity contribution in [1.29, 1.82) is 0 Å². The van der Waals surface area contributed by atoms with Gasteiger partial charge in [-0.05, 0) is 39.5 Å². The Labute approximate surface area is 131 Å². The monoisotopic (exact) mass is 302 g/mol. The smallest absolute Gasteiger partial charge is 0.0592 e. The molecule has 0 aromatic rings. The Balaban J connectivity index is 3.18. The summed E-state index contributed by atoms with van der Waals surface area (Å²) in [5.41, 5.74) is -0.655. The Morgan fingerprint density at radius 3 is 1.57 bits per heavy atom. The Kier molecular flexibility index (Phi) is 13.5. The van der Waals surface area contributed by atoms with Gasteiger partial charge in [-0.25, -0.2) is 0 Å². The molecule has 0 saturated carbocycles. The quantitative estimate of drug-likeness (QED) is 0.398. The molecule has 3 N–H and O–H groups in total. The van der Waals surface area contributed by atoms with Crippen LogP contribution in [0, 0.1) is 0 Å². The summed E-state index contributed by atoms with van der Waals surface area (Å²) in [5.74, 6) is 0. The predicted molar refractivity (Wildman–Crippen MR) is 89.4 cm³/mol. The standard InChI is InChI=1S/C18H38O3/c1-18(2,21)15-14-17(20)13-11-9-7-5-3-4-6-8-10-12-16-19/h17,19-21H,3-16H2,1-2H3.